The van der Waals surface area contributed by atoms with Crippen LogP contribution in [0, 0.1) is 24.0 Å². The van der Waals surface area contributed by atoms with Crippen LogP contribution in [0.4, 0.5) is 5.69 Å². The fourth-order valence-electron chi connectivity index (χ4n) is 4.44. The number of ether oxygens (including phenoxy) is 1. The molecule has 0 bridgehead atoms. The Hall–Kier alpha value is -2.45. The summed E-state index contributed by atoms with van der Waals surface area (Å²) in [5.74, 6) is -0.666. The van der Waals surface area contributed by atoms with Crippen LogP contribution in [0.5, 0.6) is 0 Å². The predicted octanol–water partition coefficient (Wildman–Crippen LogP) is 6.63. The van der Waals surface area contributed by atoms with Crippen LogP contribution in [0.1, 0.15) is 88.0 Å². The van der Waals surface area contributed by atoms with Gasteiger partial charge in [0.2, 0.25) is 5.30 Å². The summed E-state index contributed by atoms with van der Waals surface area (Å²) in [6, 6.07) is 5.95. The molecule has 1 N–H and O–H groups in total. The van der Waals surface area contributed by atoms with Gasteiger partial charge in [0.1, 0.15) is 12.2 Å². The van der Waals surface area contributed by atoms with E-state index in [1.165, 1.54) is 19.2 Å². The number of rotatable bonds is 14. The van der Waals surface area contributed by atoms with E-state index in [2.05, 4.69) is 4.98 Å². The molecule has 0 aliphatic carbocycles. The van der Waals surface area contributed by atoms with Gasteiger partial charge in [0, 0.05) is 12.1 Å². The first-order valence-corrected chi connectivity index (χ1v) is 14.5. The second kappa shape index (κ2) is 13.9. The standard InChI is InChI=1S/C27H40N2O7P/c1-8-13-22(10-3)35-37(33,36-23(11-4)14-9-2)26-19(6)28-18(5)24(27(30)34-7)25(26)20-15-12-16-21(17-20)29(31)32/h12,15-17,22-23,33H,8-11,13-14H2,1-7H3/q+1. The van der Waals surface area contributed by atoms with Crippen molar-refractivity contribution in [2.45, 2.75) is 92.3 Å². The minimum absolute atomic E-state index is 0.112. The van der Waals surface area contributed by atoms with E-state index in [4.69, 9.17) is 13.8 Å². The predicted molar refractivity (Wildman–Crippen MR) is 146 cm³/mol. The lowest BCUT2D eigenvalue weighted by atomic mass is 9.97. The Kier molecular flexibility index (Phi) is 11.6. The number of methoxy groups -OCH3 is 1. The van der Waals surface area contributed by atoms with E-state index < -0.39 is 18.8 Å². The van der Waals surface area contributed by atoms with Gasteiger partial charge in [-0.25, -0.2) is 4.79 Å². The van der Waals surface area contributed by atoms with Crippen LogP contribution in [-0.2, 0) is 13.8 Å². The molecule has 0 saturated carbocycles. The van der Waals surface area contributed by atoms with Gasteiger partial charge >= 0.3 is 13.9 Å². The maximum Gasteiger partial charge on any atom is 0.449 e. The van der Waals surface area contributed by atoms with Crippen LogP contribution in [0.2, 0.25) is 0 Å². The van der Waals surface area contributed by atoms with Gasteiger partial charge in [0.15, 0.2) is 0 Å². The SMILES string of the molecule is CCCC(CC)O[P+](O)(OC(CC)CCC)c1c(C)nc(C)c(C(=O)OC)c1-c1cccc([N+](=O)[O-])c1. The van der Waals surface area contributed by atoms with Crippen molar-refractivity contribution >= 4 is 24.9 Å². The van der Waals surface area contributed by atoms with E-state index in [1.54, 1.807) is 26.0 Å². The van der Waals surface area contributed by atoms with Crippen LogP contribution in [0.3, 0.4) is 0 Å². The number of esters is 1. The van der Waals surface area contributed by atoms with E-state index in [0.29, 0.717) is 42.6 Å². The molecule has 9 nitrogen and oxygen atoms in total. The number of aromatic nitrogens is 1. The summed E-state index contributed by atoms with van der Waals surface area (Å²) >= 11 is 0. The quantitative estimate of drug-likeness (QED) is 0.124. The summed E-state index contributed by atoms with van der Waals surface area (Å²) in [6.07, 6.45) is 3.84. The number of pyridine rings is 1. The summed E-state index contributed by atoms with van der Waals surface area (Å²) < 4.78 is 18.0. The molecule has 0 fully saturated rings. The molecule has 1 heterocycles. The lowest BCUT2D eigenvalue weighted by molar-refractivity contribution is -0.384. The number of benzene rings is 1. The highest BCUT2D eigenvalue weighted by molar-refractivity contribution is 7.69. The van der Waals surface area contributed by atoms with Crippen molar-refractivity contribution in [2.24, 2.45) is 0 Å². The Balaban J connectivity index is 2.99. The molecule has 204 valence electrons. The molecule has 37 heavy (non-hydrogen) atoms. The number of nitro benzene ring substituents is 1. The Morgan fingerprint density at radius 3 is 2.08 bits per heavy atom. The summed E-state index contributed by atoms with van der Waals surface area (Å²) in [5.41, 5.74) is 1.43. The van der Waals surface area contributed by atoms with E-state index in [9.17, 15) is 19.8 Å². The number of carbonyl (C=O) groups is 1. The molecule has 1 aromatic carbocycles. The molecule has 10 heteroatoms. The van der Waals surface area contributed by atoms with Gasteiger partial charge < -0.3 is 4.74 Å². The smallest absolute Gasteiger partial charge is 0.449 e. The Bertz CT molecular complexity index is 1080. The van der Waals surface area contributed by atoms with Gasteiger partial charge in [-0.05, 0) is 45.1 Å². The molecule has 2 unspecified atom stereocenters. The van der Waals surface area contributed by atoms with E-state index in [1.807, 2.05) is 27.7 Å². The number of hydrogen-bond acceptors (Lipinski definition) is 8. The number of nitro groups is 1. The highest BCUT2D eigenvalue weighted by atomic mass is 31.2. The highest BCUT2D eigenvalue weighted by Gasteiger charge is 2.53. The highest BCUT2D eigenvalue weighted by Crippen LogP contribution is 2.61. The second-order valence-electron chi connectivity index (χ2n) is 9.05. The number of nitrogens with zero attached hydrogens (tertiary/aromatic N) is 2. The van der Waals surface area contributed by atoms with Gasteiger partial charge in [-0.1, -0.05) is 52.7 Å². The van der Waals surface area contributed by atoms with Gasteiger partial charge in [0.05, 0.1) is 34.5 Å². The first kappa shape index (κ1) is 30.8. The minimum Gasteiger partial charge on any atom is -0.465 e. The van der Waals surface area contributed by atoms with E-state index in [0.717, 1.165) is 12.8 Å². The van der Waals surface area contributed by atoms with Crippen LogP contribution >= 0.6 is 7.94 Å². The lowest BCUT2D eigenvalue weighted by Gasteiger charge is -2.28. The van der Waals surface area contributed by atoms with Crippen molar-refractivity contribution in [1.29, 1.82) is 0 Å². The zero-order chi connectivity index (χ0) is 27.8. The van der Waals surface area contributed by atoms with Crippen LogP contribution in [-0.4, -0.2) is 40.1 Å². The molecule has 0 aliphatic heterocycles. The first-order valence-electron chi connectivity index (χ1n) is 12.9. The fraction of sp³-hybridized carbons (Fsp3) is 0.556. The third-order valence-electron chi connectivity index (χ3n) is 6.26. The average molecular weight is 536 g/mol. The molecule has 0 amide bonds. The molecule has 2 rings (SSSR count). The summed E-state index contributed by atoms with van der Waals surface area (Å²) in [4.78, 5) is 41.1. The van der Waals surface area contributed by atoms with Crippen molar-refractivity contribution < 1.29 is 28.4 Å². The Morgan fingerprint density at radius 1 is 1.05 bits per heavy atom. The molecule has 0 radical (unpaired) electrons. The van der Waals surface area contributed by atoms with Gasteiger partial charge in [0.25, 0.3) is 5.69 Å². The van der Waals surface area contributed by atoms with Crippen molar-refractivity contribution in [2.75, 3.05) is 7.11 Å². The largest absolute Gasteiger partial charge is 0.465 e. The molecule has 1 aromatic heterocycles. The fourth-order valence-corrected chi connectivity index (χ4v) is 7.00. The van der Waals surface area contributed by atoms with Crippen LogP contribution < -0.4 is 5.30 Å². The number of aryl methyl sites for hydroxylation is 2. The average Bonchev–Trinajstić information content (AvgIpc) is 2.87. The van der Waals surface area contributed by atoms with Gasteiger partial charge in [-0.3, -0.25) is 15.1 Å². The Morgan fingerprint density at radius 2 is 1.62 bits per heavy atom. The van der Waals surface area contributed by atoms with Crippen molar-refractivity contribution in [3.8, 4) is 11.1 Å². The van der Waals surface area contributed by atoms with Crippen LogP contribution in [0.15, 0.2) is 24.3 Å². The van der Waals surface area contributed by atoms with Crippen molar-refractivity contribution in [3.05, 3.63) is 51.3 Å². The zero-order valence-corrected chi connectivity index (χ0v) is 23.8. The van der Waals surface area contributed by atoms with Gasteiger partial charge in [-0.15, -0.1) is 0 Å². The van der Waals surface area contributed by atoms with E-state index in [-0.39, 0.29) is 34.3 Å². The minimum atomic E-state index is -3.84. The summed E-state index contributed by atoms with van der Waals surface area (Å²) in [6.45, 7) is 11.4. The molecule has 0 aliphatic rings. The molecule has 0 spiro atoms. The third kappa shape index (κ3) is 7.32. The maximum absolute atomic E-state index is 13.1. The van der Waals surface area contributed by atoms with E-state index >= 15 is 0 Å². The molecule has 0 saturated heterocycles. The third-order valence-corrected chi connectivity index (χ3v) is 8.54. The molecule has 2 aromatic rings. The number of carbonyl (C=O) groups excluding carboxylic acids is 1. The van der Waals surface area contributed by atoms with Gasteiger partial charge in [-0.2, -0.15) is 13.9 Å². The molecule has 2 atom stereocenters. The normalized spacial score (nSPS) is 14.6. The number of hydrogen-bond donors (Lipinski definition) is 1. The second-order valence-corrected chi connectivity index (χ2v) is 11.0. The molecular weight excluding hydrogens is 495 g/mol. The van der Waals surface area contributed by atoms with Crippen molar-refractivity contribution in [1.82, 2.24) is 4.98 Å². The zero-order valence-electron chi connectivity index (χ0n) is 22.9. The summed E-state index contributed by atoms with van der Waals surface area (Å²) in [5, 5.41) is 11.9. The van der Waals surface area contributed by atoms with Crippen molar-refractivity contribution in [3.63, 3.8) is 0 Å². The topological polar surface area (TPSA) is 121 Å². The number of non-ortho nitro benzene ring substituents is 1. The molecular formula is C27H40N2O7P+. The van der Waals surface area contributed by atoms with Crippen LogP contribution in [0.25, 0.3) is 11.1 Å². The first-order chi connectivity index (χ1) is 17.6. The monoisotopic (exact) mass is 535 g/mol. The lowest BCUT2D eigenvalue weighted by Crippen LogP contribution is -2.31. The Labute approximate surface area is 220 Å². The summed E-state index contributed by atoms with van der Waals surface area (Å²) in [7, 11) is -2.58. The maximum atomic E-state index is 13.1.